The molecule has 0 unspecified atom stereocenters. The van der Waals surface area contributed by atoms with Crippen LogP contribution in [0.5, 0.6) is 0 Å². The van der Waals surface area contributed by atoms with Gasteiger partial charge in [-0.15, -0.1) is 0 Å². The van der Waals surface area contributed by atoms with Crippen LogP contribution in [0.25, 0.3) is 0 Å². The first kappa shape index (κ1) is 14.7. The van der Waals surface area contributed by atoms with Crippen molar-refractivity contribution in [2.24, 2.45) is 11.1 Å². The van der Waals surface area contributed by atoms with Gasteiger partial charge in [-0.25, -0.2) is 13.6 Å². The van der Waals surface area contributed by atoms with E-state index in [9.17, 15) is 13.6 Å². The molecule has 1 aromatic rings. The molecule has 1 fully saturated rings. The van der Waals surface area contributed by atoms with Gasteiger partial charge in [-0.3, -0.25) is 0 Å². The molecule has 1 aromatic carbocycles. The number of carbonyl (C=O) groups excluding carboxylic acids is 1. The van der Waals surface area contributed by atoms with Crippen LogP contribution in [0.4, 0.5) is 19.3 Å². The van der Waals surface area contributed by atoms with Gasteiger partial charge in [0.1, 0.15) is 11.6 Å². The second kappa shape index (κ2) is 6.17. The molecule has 6 heteroatoms. The summed E-state index contributed by atoms with van der Waals surface area (Å²) in [4.78, 5) is 11.7. The first-order valence-electron chi connectivity index (χ1n) is 6.75. The highest BCUT2D eigenvalue weighted by atomic mass is 19.1. The van der Waals surface area contributed by atoms with Crippen molar-refractivity contribution in [2.75, 3.05) is 18.4 Å². The summed E-state index contributed by atoms with van der Waals surface area (Å²) in [6, 6.07) is 2.51. The van der Waals surface area contributed by atoms with Gasteiger partial charge in [0, 0.05) is 18.0 Å². The fourth-order valence-corrected chi connectivity index (χ4v) is 2.60. The number of benzene rings is 1. The average molecular weight is 283 g/mol. The molecule has 0 atom stereocenters. The van der Waals surface area contributed by atoms with Crippen molar-refractivity contribution in [3.8, 4) is 0 Å². The van der Waals surface area contributed by atoms with E-state index >= 15 is 0 Å². The molecular weight excluding hydrogens is 264 g/mol. The third-order valence-electron chi connectivity index (χ3n) is 3.90. The number of urea groups is 1. The molecule has 4 nitrogen and oxygen atoms in total. The maximum Gasteiger partial charge on any atom is 0.319 e. The zero-order valence-corrected chi connectivity index (χ0v) is 11.2. The van der Waals surface area contributed by atoms with Gasteiger partial charge < -0.3 is 16.4 Å². The molecule has 0 spiro atoms. The van der Waals surface area contributed by atoms with E-state index in [2.05, 4.69) is 10.6 Å². The molecule has 20 heavy (non-hydrogen) atoms. The number of halogens is 2. The number of anilines is 1. The van der Waals surface area contributed by atoms with Crippen molar-refractivity contribution < 1.29 is 13.6 Å². The van der Waals surface area contributed by atoms with Crippen molar-refractivity contribution in [3.63, 3.8) is 0 Å². The number of rotatable bonds is 4. The smallest absolute Gasteiger partial charge is 0.319 e. The van der Waals surface area contributed by atoms with E-state index in [-0.39, 0.29) is 11.1 Å². The zero-order chi connectivity index (χ0) is 14.6. The molecule has 4 N–H and O–H groups in total. The second-order valence-corrected chi connectivity index (χ2v) is 5.34. The number of amides is 2. The lowest BCUT2D eigenvalue weighted by atomic mass is 9.86. The zero-order valence-electron chi connectivity index (χ0n) is 11.2. The normalized spacial score (nSPS) is 16.9. The molecule has 1 aliphatic rings. The Balaban J connectivity index is 1.89. The molecule has 1 aliphatic carbocycles. The molecule has 0 saturated heterocycles. The summed E-state index contributed by atoms with van der Waals surface area (Å²) in [5.41, 5.74) is 5.69. The number of carbonyl (C=O) groups is 1. The molecule has 2 amide bonds. The van der Waals surface area contributed by atoms with E-state index in [1.807, 2.05) is 0 Å². The predicted molar refractivity (Wildman–Crippen MR) is 73.3 cm³/mol. The summed E-state index contributed by atoms with van der Waals surface area (Å²) < 4.78 is 26.1. The number of nitrogens with two attached hydrogens (primary N) is 1. The number of hydrogen-bond donors (Lipinski definition) is 3. The topological polar surface area (TPSA) is 67.1 Å². The van der Waals surface area contributed by atoms with Crippen LogP contribution in [0.3, 0.4) is 0 Å². The van der Waals surface area contributed by atoms with Crippen molar-refractivity contribution in [2.45, 2.75) is 25.7 Å². The summed E-state index contributed by atoms with van der Waals surface area (Å²) in [7, 11) is 0. The molecule has 0 aliphatic heterocycles. The summed E-state index contributed by atoms with van der Waals surface area (Å²) >= 11 is 0. The van der Waals surface area contributed by atoms with Gasteiger partial charge in [-0.2, -0.15) is 0 Å². The Kier molecular flexibility index (Phi) is 4.54. The van der Waals surface area contributed by atoms with E-state index in [0.717, 1.165) is 37.8 Å². The monoisotopic (exact) mass is 283 g/mol. The third-order valence-corrected chi connectivity index (χ3v) is 3.90. The second-order valence-electron chi connectivity index (χ2n) is 5.34. The Morgan fingerprint density at radius 2 is 2.00 bits per heavy atom. The van der Waals surface area contributed by atoms with Crippen molar-refractivity contribution >= 4 is 11.7 Å². The van der Waals surface area contributed by atoms with Crippen molar-refractivity contribution in [1.29, 1.82) is 0 Å². The fourth-order valence-electron chi connectivity index (χ4n) is 2.60. The van der Waals surface area contributed by atoms with E-state index in [0.29, 0.717) is 13.1 Å². The largest absolute Gasteiger partial charge is 0.337 e. The quantitative estimate of drug-likeness (QED) is 0.795. The molecule has 1 saturated carbocycles. The Bertz CT molecular complexity index is 487. The van der Waals surface area contributed by atoms with Gasteiger partial charge in [-0.1, -0.05) is 12.8 Å². The highest BCUT2D eigenvalue weighted by molar-refractivity contribution is 5.89. The van der Waals surface area contributed by atoms with Gasteiger partial charge in [0.2, 0.25) is 0 Å². The minimum absolute atomic E-state index is 0.0430. The molecule has 0 bridgehead atoms. The molecule has 0 aromatic heterocycles. The maximum atomic E-state index is 13.4. The SMILES string of the molecule is NCC1(CNC(=O)Nc2ccc(F)cc2F)CCCC1. The van der Waals surface area contributed by atoms with Gasteiger partial charge in [-0.05, 0) is 31.5 Å². The number of hydrogen-bond acceptors (Lipinski definition) is 2. The predicted octanol–water partition coefficient (Wildman–Crippen LogP) is 2.61. The van der Waals surface area contributed by atoms with Crippen LogP contribution < -0.4 is 16.4 Å². The first-order chi connectivity index (χ1) is 9.54. The van der Waals surface area contributed by atoms with Crippen LogP contribution in [0.1, 0.15) is 25.7 Å². The Labute approximate surface area is 116 Å². The lowest BCUT2D eigenvalue weighted by molar-refractivity contribution is 0.239. The highest BCUT2D eigenvalue weighted by Gasteiger charge is 2.32. The molecule has 2 rings (SSSR count). The summed E-state index contributed by atoms with van der Waals surface area (Å²) in [5.74, 6) is -1.48. The van der Waals surface area contributed by atoms with Crippen LogP contribution in [-0.4, -0.2) is 19.1 Å². The van der Waals surface area contributed by atoms with Crippen molar-refractivity contribution in [1.82, 2.24) is 5.32 Å². The summed E-state index contributed by atoms with van der Waals surface area (Å²) in [6.45, 7) is 0.996. The van der Waals surface area contributed by atoms with E-state index < -0.39 is 17.7 Å². The summed E-state index contributed by atoms with van der Waals surface area (Å²) in [6.07, 6.45) is 4.23. The van der Waals surface area contributed by atoms with Gasteiger partial charge in [0.25, 0.3) is 0 Å². The standard InChI is InChI=1S/C14H19F2N3O/c15-10-3-4-12(11(16)7-10)19-13(20)18-9-14(8-17)5-1-2-6-14/h3-4,7H,1-2,5-6,8-9,17H2,(H2,18,19,20). The average Bonchev–Trinajstić information content (AvgIpc) is 2.89. The number of nitrogens with one attached hydrogen (secondary N) is 2. The van der Waals surface area contributed by atoms with Gasteiger partial charge in [0.15, 0.2) is 0 Å². The highest BCUT2D eigenvalue weighted by Crippen LogP contribution is 2.36. The van der Waals surface area contributed by atoms with Crippen LogP contribution in [0, 0.1) is 17.0 Å². The van der Waals surface area contributed by atoms with Gasteiger partial charge >= 0.3 is 6.03 Å². The molecule has 110 valence electrons. The molecule has 0 radical (unpaired) electrons. The molecule has 0 heterocycles. The van der Waals surface area contributed by atoms with Crippen LogP contribution in [0.15, 0.2) is 18.2 Å². The van der Waals surface area contributed by atoms with Crippen LogP contribution >= 0.6 is 0 Å². The molecular formula is C14H19F2N3O. The Morgan fingerprint density at radius 1 is 1.30 bits per heavy atom. The van der Waals surface area contributed by atoms with Gasteiger partial charge in [0.05, 0.1) is 5.69 Å². The van der Waals surface area contributed by atoms with Crippen LogP contribution in [-0.2, 0) is 0 Å². The van der Waals surface area contributed by atoms with Crippen LogP contribution in [0.2, 0.25) is 0 Å². The van der Waals surface area contributed by atoms with E-state index in [1.165, 1.54) is 6.07 Å². The lowest BCUT2D eigenvalue weighted by Crippen LogP contribution is -2.42. The van der Waals surface area contributed by atoms with E-state index in [4.69, 9.17) is 5.73 Å². The Hall–Kier alpha value is -1.69. The summed E-state index contributed by atoms with van der Waals surface area (Å²) in [5, 5.41) is 5.09. The lowest BCUT2D eigenvalue weighted by Gasteiger charge is -2.27. The Morgan fingerprint density at radius 3 is 2.60 bits per heavy atom. The minimum Gasteiger partial charge on any atom is -0.337 e. The minimum atomic E-state index is -0.797. The van der Waals surface area contributed by atoms with Crippen molar-refractivity contribution in [3.05, 3.63) is 29.8 Å². The fraction of sp³-hybridized carbons (Fsp3) is 0.500. The third kappa shape index (κ3) is 3.45. The maximum absolute atomic E-state index is 13.4. The van der Waals surface area contributed by atoms with E-state index in [1.54, 1.807) is 0 Å². The first-order valence-corrected chi connectivity index (χ1v) is 6.75.